The van der Waals surface area contributed by atoms with Gasteiger partial charge >= 0.3 is 0 Å². The molecule has 3 N–H and O–H groups in total. The van der Waals surface area contributed by atoms with Crippen molar-refractivity contribution in [3.05, 3.63) is 23.7 Å². The van der Waals surface area contributed by atoms with Gasteiger partial charge in [-0.3, -0.25) is 4.79 Å². The lowest BCUT2D eigenvalue weighted by Gasteiger charge is -2.65. The maximum Gasteiger partial charge on any atom is 0.225 e. The Morgan fingerprint density at radius 2 is 2.26 bits per heavy atom. The zero-order valence-corrected chi connectivity index (χ0v) is 10.6. The standard InChI is InChI=1S/C14H16N4O/c15-12(19)11(14-2-8(3-14)4-14)9-1-10-5-16-7-18-13(10)17-6-9/h1,5,7-8,11H,2-4,6H2,(H2,15,19)(H,16,17,18). The molecular formula is C14H16N4O. The van der Waals surface area contributed by atoms with Crippen LogP contribution in [0.25, 0.3) is 6.08 Å². The molecule has 3 aliphatic carbocycles. The van der Waals surface area contributed by atoms with Crippen molar-refractivity contribution in [2.24, 2.45) is 23.0 Å². The highest BCUT2D eigenvalue weighted by Crippen LogP contribution is 2.69. The summed E-state index contributed by atoms with van der Waals surface area (Å²) in [6.45, 7) is 0.657. The number of hydrogen-bond donors (Lipinski definition) is 2. The highest BCUT2D eigenvalue weighted by molar-refractivity contribution is 5.85. The van der Waals surface area contributed by atoms with Gasteiger partial charge in [-0.05, 0) is 42.2 Å². The van der Waals surface area contributed by atoms with E-state index < -0.39 is 0 Å². The van der Waals surface area contributed by atoms with Crippen LogP contribution in [0.4, 0.5) is 5.82 Å². The molecule has 0 spiro atoms. The number of hydrogen-bond acceptors (Lipinski definition) is 4. The van der Waals surface area contributed by atoms with Gasteiger partial charge in [-0.15, -0.1) is 0 Å². The number of nitrogens with one attached hydrogen (secondary N) is 1. The zero-order valence-electron chi connectivity index (χ0n) is 10.6. The van der Waals surface area contributed by atoms with E-state index in [-0.39, 0.29) is 17.2 Å². The lowest BCUT2D eigenvalue weighted by atomic mass is 9.39. The molecule has 5 nitrogen and oxygen atoms in total. The van der Waals surface area contributed by atoms with Crippen molar-refractivity contribution in [1.82, 2.24) is 9.97 Å². The van der Waals surface area contributed by atoms with Crippen molar-refractivity contribution in [3.8, 4) is 0 Å². The van der Waals surface area contributed by atoms with Gasteiger partial charge in [0.15, 0.2) is 0 Å². The molecule has 98 valence electrons. The molecule has 2 heterocycles. The van der Waals surface area contributed by atoms with Gasteiger partial charge in [0.25, 0.3) is 0 Å². The molecule has 5 rings (SSSR count). The first-order chi connectivity index (χ1) is 9.18. The second-order valence-electron chi connectivity index (χ2n) is 6.08. The molecule has 2 bridgehead atoms. The maximum atomic E-state index is 11.9. The molecule has 1 aliphatic heterocycles. The van der Waals surface area contributed by atoms with Crippen molar-refractivity contribution >= 4 is 17.8 Å². The molecular weight excluding hydrogens is 240 g/mol. The minimum atomic E-state index is -0.188. The summed E-state index contributed by atoms with van der Waals surface area (Å²) in [4.78, 5) is 20.1. The lowest BCUT2D eigenvalue weighted by molar-refractivity contribution is -0.159. The highest BCUT2D eigenvalue weighted by atomic mass is 16.1. The predicted octanol–water partition coefficient (Wildman–Crippen LogP) is 1.19. The molecule has 0 radical (unpaired) electrons. The van der Waals surface area contributed by atoms with Crippen LogP contribution in [0.5, 0.6) is 0 Å². The number of nitrogens with zero attached hydrogens (tertiary/aromatic N) is 2. The van der Waals surface area contributed by atoms with Crippen LogP contribution in [0.1, 0.15) is 24.8 Å². The normalized spacial score (nSPS) is 32.0. The SMILES string of the molecule is NC(=O)C(C1=Cc2cncnc2NC1)C12CC(C1)C2. The Morgan fingerprint density at radius 1 is 1.47 bits per heavy atom. The zero-order chi connectivity index (χ0) is 13.0. The van der Waals surface area contributed by atoms with Crippen LogP contribution in [-0.4, -0.2) is 22.4 Å². The first-order valence-corrected chi connectivity index (χ1v) is 6.72. The van der Waals surface area contributed by atoms with Gasteiger partial charge in [0, 0.05) is 18.3 Å². The summed E-state index contributed by atoms with van der Waals surface area (Å²) in [6, 6.07) is 0. The van der Waals surface area contributed by atoms with Crippen molar-refractivity contribution in [3.63, 3.8) is 0 Å². The van der Waals surface area contributed by atoms with Gasteiger partial charge < -0.3 is 11.1 Å². The number of aromatic nitrogens is 2. The van der Waals surface area contributed by atoms with Crippen molar-refractivity contribution in [1.29, 1.82) is 0 Å². The van der Waals surface area contributed by atoms with Gasteiger partial charge in [0.2, 0.25) is 5.91 Å². The lowest BCUT2D eigenvalue weighted by Crippen LogP contribution is -2.60. The summed E-state index contributed by atoms with van der Waals surface area (Å²) >= 11 is 0. The maximum absolute atomic E-state index is 11.9. The van der Waals surface area contributed by atoms with Crippen LogP contribution < -0.4 is 11.1 Å². The average Bonchev–Trinajstić information content (AvgIpc) is 2.31. The van der Waals surface area contributed by atoms with E-state index in [9.17, 15) is 4.79 Å². The van der Waals surface area contributed by atoms with Crippen LogP contribution in [0.3, 0.4) is 0 Å². The molecule has 1 aromatic rings. The molecule has 3 fully saturated rings. The Labute approximate surface area is 111 Å². The van der Waals surface area contributed by atoms with Crippen LogP contribution in [0.15, 0.2) is 18.1 Å². The largest absolute Gasteiger partial charge is 0.369 e. The van der Waals surface area contributed by atoms with E-state index >= 15 is 0 Å². The molecule has 5 heteroatoms. The highest BCUT2D eigenvalue weighted by Gasteiger charge is 2.62. The van der Waals surface area contributed by atoms with Crippen molar-refractivity contribution in [2.75, 3.05) is 11.9 Å². The average molecular weight is 256 g/mol. The Morgan fingerprint density at radius 3 is 2.89 bits per heavy atom. The van der Waals surface area contributed by atoms with E-state index in [1.807, 2.05) is 6.08 Å². The summed E-state index contributed by atoms with van der Waals surface area (Å²) in [5.41, 5.74) is 7.87. The third-order valence-corrected chi connectivity index (χ3v) is 4.89. The number of rotatable bonds is 3. The van der Waals surface area contributed by atoms with Gasteiger partial charge in [-0.1, -0.05) is 0 Å². The third kappa shape index (κ3) is 1.44. The quantitative estimate of drug-likeness (QED) is 0.851. The van der Waals surface area contributed by atoms with E-state index in [0.29, 0.717) is 6.54 Å². The van der Waals surface area contributed by atoms with Crippen LogP contribution in [0.2, 0.25) is 0 Å². The minimum Gasteiger partial charge on any atom is -0.369 e. The fourth-order valence-electron chi connectivity index (χ4n) is 3.99. The van der Waals surface area contributed by atoms with Crippen molar-refractivity contribution < 1.29 is 4.79 Å². The van der Waals surface area contributed by atoms with E-state index in [1.54, 1.807) is 6.20 Å². The molecule has 1 atom stereocenters. The van der Waals surface area contributed by atoms with E-state index in [2.05, 4.69) is 15.3 Å². The number of carbonyl (C=O) groups excluding carboxylic acids is 1. The minimum absolute atomic E-state index is 0.127. The fraction of sp³-hybridized carbons (Fsp3) is 0.500. The number of amides is 1. The second-order valence-corrected chi connectivity index (χ2v) is 6.08. The Kier molecular flexibility index (Phi) is 2.05. The molecule has 1 aromatic heterocycles. The fourth-order valence-corrected chi connectivity index (χ4v) is 3.99. The first kappa shape index (κ1) is 11.0. The molecule has 0 aromatic carbocycles. The van der Waals surface area contributed by atoms with Gasteiger partial charge in [0.1, 0.15) is 12.1 Å². The predicted molar refractivity (Wildman–Crippen MR) is 71.0 cm³/mol. The smallest absolute Gasteiger partial charge is 0.225 e. The van der Waals surface area contributed by atoms with Crippen LogP contribution in [-0.2, 0) is 4.79 Å². The van der Waals surface area contributed by atoms with Crippen LogP contribution >= 0.6 is 0 Å². The van der Waals surface area contributed by atoms with Gasteiger partial charge in [-0.25, -0.2) is 9.97 Å². The first-order valence-electron chi connectivity index (χ1n) is 6.72. The summed E-state index contributed by atoms with van der Waals surface area (Å²) < 4.78 is 0. The van der Waals surface area contributed by atoms with E-state index in [0.717, 1.165) is 42.1 Å². The Hall–Kier alpha value is -1.91. The monoisotopic (exact) mass is 256 g/mol. The molecule has 4 aliphatic rings. The van der Waals surface area contributed by atoms with Gasteiger partial charge in [-0.2, -0.15) is 0 Å². The topological polar surface area (TPSA) is 80.9 Å². The molecule has 1 unspecified atom stereocenters. The number of carbonyl (C=O) groups is 1. The summed E-state index contributed by atoms with van der Waals surface area (Å²) in [6.07, 6.45) is 8.83. The van der Waals surface area contributed by atoms with Crippen LogP contribution in [0, 0.1) is 17.3 Å². The summed E-state index contributed by atoms with van der Waals surface area (Å²) in [7, 11) is 0. The molecule has 19 heavy (non-hydrogen) atoms. The summed E-state index contributed by atoms with van der Waals surface area (Å²) in [5.74, 6) is 1.36. The van der Waals surface area contributed by atoms with E-state index in [1.165, 1.54) is 6.33 Å². The van der Waals surface area contributed by atoms with Gasteiger partial charge in [0.05, 0.1) is 5.92 Å². The Bertz CT molecular complexity index is 578. The number of primary amides is 1. The number of nitrogens with two attached hydrogens (primary N) is 1. The van der Waals surface area contributed by atoms with Crippen molar-refractivity contribution in [2.45, 2.75) is 19.3 Å². The number of fused-ring (bicyclic) bond motifs is 1. The van der Waals surface area contributed by atoms with E-state index in [4.69, 9.17) is 5.73 Å². The number of anilines is 1. The Balaban J connectivity index is 1.71. The third-order valence-electron chi connectivity index (χ3n) is 4.89. The summed E-state index contributed by atoms with van der Waals surface area (Å²) in [5, 5.41) is 3.26. The second kappa shape index (κ2) is 3.56. The molecule has 3 saturated carbocycles. The molecule has 0 saturated heterocycles. The molecule has 1 amide bonds.